The summed E-state index contributed by atoms with van der Waals surface area (Å²) in [5.41, 5.74) is 1.15. The standard InChI is InChI=1S/C16H14O2/c17-13-8-12(9-14(18)10-13)16-7-3-5-11-4-1-2-6-15(11)16/h1-7,10,12,17H,8-9H2. The van der Waals surface area contributed by atoms with Crippen molar-refractivity contribution in [1.29, 1.82) is 0 Å². The highest BCUT2D eigenvalue weighted by Gasteiger charge is 2.23. The van der Waals surface area contributed by atoms with Crippen LogP contribution in [0.15, 0.2) is 54.3 Å². The van der Waals surface area contributed by atoms with Crippen LogP contribution in [-0.2, 0) is 4.79 Å². The molecule has 0 fully saturated rings. The lowest BCUT2D eigenvalue weighted by molar-refractivity contribution is -0.115. The van der Waals surface area contributed by atoms with Crippen molar-refractivity contribution in [2.24, 2.45) is 0 Å². The number of rotatable bonds is 1. The van der Waals surface area contributed by atoms with Crippen molar-refractivity contribution in [3.63, 3.8) is 0 Å². The van der Waals surface area contributed by atoms with Crippen LogP contribution in [0.1, 0.15) is 24.3 Å². The number of carbonyl (C=O) groups is 1. The molecule has 2 heteroatoms. The highest BCUT2D eigenvalue weighted by atomic mass is 16.3. The predicted molar refractivity (Wildman–Crippen MR) is 71.6 cm³/mol. The minimum Gasteiger partial charge on any atom is -0.512 e. The van der Waals surface area contributed by atoms with E-state index in [4.69, 9.17) is 0 Å². The first-order valence-corrected chi connectivity index (χ1v) is 6.14. The number of aliphatic hydroxyl groups excluding tert-OH is 1. The number of allylic oxidation sites excluding steroid dienone is 2. The highest BCUT2D eigenvalue weighted by Crippen LogP contribution is 2.34. The highest BCUT2D eigenvalue weighted by molar-refractivity contribution is 5.93. The monoisotopic (exact) mass is 238 g/mol. The van der Waals surface area contributed by atoms with Crippen molar-refractivity contribution in [3.05, 3.63) is 59.9 Å². The largest absolute Gasteiger partial charge is 0.512 e. The molecule has 0 aromatic heterocycles. The molecule has 0 saturated carbocycles. The van der Waals surface area contributed by atoms with E-state index < -0.39 is 0 Å². The topological polar surface area (TPSA) is 37.3 Å². The van der Waals surface area contributed by atoms with Crippen LogP contribution in [0, 0.1) is 0 Å². The zero-order valence-corrected chi connectivity index (χ0v) is 9.97. The smallest absolute Gasteiger partial charge is 0.159 e. The van der Waals surface area contributed by atoms with Crippen LogP contribution in [-0.4, -0.2) is 10.9 Å². The van der Waals surface area contributed by atoms with Crippen molar-refractivity contribution >= 4 is 16.6 Å². The molecular weight excluding hydrogens is 224 g/mol. The van der Waals surface area contributed by atoms with E-state index in [0.29, 0.717) is 12.8 Å². The van der Waals surface area contributed by atoms with Gasteiger partial charge in [-0.25, -0.2) is 0 Å². The summed E-state index contributed by atoms with van der Waals surface area (Å²) in [6.45, 7) is 0. The Hall–Kier alpha value is -2.09. The fourth-order valence-corrected chi connectivity index (χ4v) is 2.70. The number of ketones is 1. The first kappa shape index (κ1) is 11.0. The molecule has 2 aromatic rings. The van der Waals surface area contributed by atoms with Gasteiger partial charge in [0.15, 0.2) is 5.78 Å². The summed E-state index contributed by atoms with van der Waals surface area (Å²) < 4.78 is 0. The second kappa shape index (κ2) is 4.30. The zero-order chi connectivity index (χ0) is 12.5. The minimum absolute atomic E-state index is 0.0108. The second-order valence-corrected chi connectivity index (χ2v) is 4.78. The molecule has 2 nitrogen and oxygen atoms in total. The Balaban J connectivity index is 2.10. The Morgan fingerprint density at radius 2 is 1.78 bits per heavy atom. The van der Waals surface area contributed by atoms with E-state index in [0.717, 1.165) is 5.56 Å². The van der Waals surface area contributed by atoms with Gasteiger partial charge in [0.2, 0.25) is 0 Å². The molecule has 3 rings (SSSR count). The van der Waals surface area contributed by atoms with E-state index in [1.807, 2.05) is 18.2 Å². The van der Waals surface area contributed by atoms with E-state index in [2.05, 4.69) is 24.3 Å². The Morgan fingerprint density at radius 1 is 1.00 bits per heavy atom. The van der Waals surface area contributed by atoms with Crippen LogP contribution in [0.25, 0.3) is 10.8 Å². The van der Waals surface area contributed by atoms with Gasteiger partial charge < -0.3 is 5.11 Å². The lowest BCUT2D eigenvalue weighted by atomic mass is 9.84. The van der Waals surface area contributed by atoms with Crippen molar-refractivity contribution in [1.82, 2.24) is 0 Å². The molecular formula is C16H14O2. The fourth-order valence-electron chi connectivity index (χ4n) is 2.70. The number of benzene rings is 2. The number of aliphatic hydroxyl groups is 1. The van der Waals surface area contributed by atoms with Crippen LogP contribution < -0.4 is 0 Å². The molecule has 1 aliphatic rings. The molecule has 1 aliphatic carbocycles. The van der Waals surface area contributed by atoms with Crippen LogP contribution in [0.4, 0.5) is 0 Å². The van der Waals surface area contributed by atoms with Crippen LogP contribution >= 0.6 is 0 Å². The lowest BCUT2D eigenvalue weighted by Crippen LogP contribution is -2.12. The van der Waals surface area contributed by atoms with Gasteiger partial charge in [0, 0.05) is 18.9 Å². The first-order chi connectivity index (χ1) is 8.74. The van der Waals surface area contributed by atoms with Gasteiger partial charge in [-0.2, -0.15) is 0 Å². The average molecular weight is 238 g/mol. The summed E-state index contributed by atoms with van der Waals surface area (Å²) in [5.74, 6) is 0.300. The van der Waals surface area contributed by atoms with Crippen molar-refractivity contribution in [2.75, 3.05) is 0 Å². The molecule has 0 bridgehead atoms. The number of carbonyl (C=O) groups excluding carboxylic acids is 1. The zero-order valence-electron chi connectivity index (χ0n) is 9.97. The third kappa shape index (κ3) is 1.90. The number of fused-ring (bicyclic) bond motifs is 1. The van der Waals surface area contributed by atoms with Gasteiger partial charge in [0.25, 0.3) is 0 Å². The molecule has 0 aliphatic heterocycles. The molecule has 0 heterocycles. The third-order valence-electron chi connectivity index (χ3n) is 3.49. The minimum atomic E-state index is 0.0108. The summed E-state index contributed by atoms with van der Waals surface area (Å²) in [7, 11) is 0. The predicted octanol–water partition coefficient (Wildman–Crippen LogP) is 3.73. The maximum absolute atomic E-state index is 11.6. The van der Waals surface area contributed by atoms with Gasteiger partial charge in [0.05, 0.1) is 5.76 Å². The molecule has 0 spiro atoms. The van der Waals surface area contributed by atoms with Crippen molar-refractivity contribution < 1.29 is 9.90 Å². The normalized spacial score (nSPS) is 19.9. The SMILES string of the molecule is O=C1C=C(O)CC(c2cccc3ccccc23)C1. The molecule has 0 amide bonds. The molecule has 1 N–H and O–H groups in total. The van der Waals surface area contributed by atoms with E-state index in [1.165, 1.54) is 16.8 Å². The molecule has 0 saturated heterocycles. The van der Waals surface area contributed by atoms with Gasteiger partial charge in [-0.3, -0.25) is 4.79 Å². The quantitative estimate of drug-likeness (QED) is 0.822. The molecule has 18 heavy (non-hydrogen) atoms. The first-order valence-electron chi connectivity index (χ1n) is 6.14. The maximum Gasteiger partial charge on any atom is 0.159 e. The van der Waals surface area contributed by atoms with E-state index in [9.17, 15) is 9.90 Å². The van der Waals surface area contributed by atoms with Gasteiger partial charge in [0.1, 0.15) is 0 Å². The Labute approximate surface area is 106 Å². The Morgan fingerprint density at radius 3 is 2.61 bits per heavy atom. The maximum atomic E-state index is 11.6. The van der Waals surface area contributed by atoms with Crippen LogP contribution in [0.3, 0.4) is 0 Å². The summed E-state index contributed by atoms with van der Waals surface area (Å²) in [4.78, 5) is 11.6. The Bertz CT molecular complexity index is 635. The van der Waals surface area contributed by atoms with Gasteiger partial charge in [-0.15, -0.1) is 0 Å². The Kier molecular flexibility index (Phi) is 2.63. The van der Waals surface area contributed by atoms with Crippen LogP contribution in [0.2, 0.25) is 0 Å². The average Bonchev–Trinajstić information content (AvgIpc) is 2.37. The molecule has 90 valence electrons. The van der Waals surface area contributed by atoms with Crippen molar-refractivity contribution in [2.45, 2.75) is 18.8 Å². The fraction of sp³-hybridized carbons (Fsp3) is 0.188. The van der Waals surface area contributed by atoms with E-state index >= 15 is 0 Å². The number of hydrogen-bond acceptors (Lipinski definition) is 2. The second-order valence-electron chi connectivity index (χ2n) is 4.78. The molecule has 1 unspecified atom stereocenters. The lowest BCUT2D eigenvalue weighted by Gasteiger charge is -2.21. The molecule has 2 aromatic carbocycles. The van der Waals surface area contributed by atoms with Gasteiger partial charge in [-0.1, -0.05) is 42.5 Å². The summed E-state index contributed by atoms with van der Waals surface area (Å²) in [6, 6.07) is 14.3. The van der Waals surface area contributed by atoms with E-state index in [1.54, 1.807) is 0 Å². The number of hydrogen-bond donors (Lipinski definition) is 1. The van der Waals surface area contributed by atoms with Crippen LogP contribution in [0.5, 0.6) is 0 Å². The summed E-state index contributed by atoms with van der Waals surface area (Å²) in [5, 5.41) is 12.0. The van der Waals surface area contributed by atoms with Gasteiger partial charge >= 0.3 is 0 Å². The van der Waals surface area contributed by atoms with E-state index in [-0.39, 0.29) is 17.5 Å². The third-order valence-corrected chi connectivity index (χ3v) is 3.49. The van der Waals surface area contributed by atoms with Gasteiger partial charge in [-0.05, 0) is 22.3 Å². The summed E-state index contributed by atoms with van der Waals surface area (Å²) in [6.07, 6.45) is 2.39. The van der Waals surface area contributed by atoms with Crippen molar-refractivity contribution in [3.8, 4) is 0 Å². The summed E-state index contributed by atoms with van der Waals surface area (Å²) >= 11 is 0. The molecule has 1 atom stereocenters. The molecule has 0 radical (unpaired) electrons.